The van der Waals surface area contributed by atoms with E-state index < -0.39 is 18.1 Å². The molecule has 1 unspecified atom stereocenters. The fraction of sp³-hybridized carbons (Fsp3) is 0.739. The van der Waals surface area contributed by atoms with Crippen LogP contribution >= 0.6 is 0 Å². The second kappa shape index (κ2) is 9.03. The smallest absolute Gasteiger partial charge is 0.320 e. The standard InChI is InChI=1S/C23H32N6O5/c30-11-15-17-18(34-23(33-17)9-5-2-6-10-23)21(32-15)29-13-26-16-19(24-12-25-20(16)29)28-22(31)27-14-7-3-1-4-8-14/h12-15,17-18,21,30H,1-11H2,(H2,24,25,27,28,31)/t15-,17?,18+,21-/m1/s1. The molecule has 4 aliphatic rings. The van der Waals surface area contributed by atoms with Crippen LogP contribution in [-0.2, 0) is 14.2 Å². The van der Waals surface area contributed by atoms with Crippen LogP contribution in [0.4, 0.5) is 10.6 Å². The average Bonchev–Trinajstić information content (AvgIpc) is 3.52. The van der Waals surface area contributed by atoms with Gasteiger partial charge in [-0.3, -0.25) is 9.88 Å². The first kappa shape index (κ1) is 22.1. The molecule has 184 valence electrons. The van der Waals surface area contributed by atoms with Gasteiger partial charge in [0.25, 0.3) is 0 Å². The Balaban J connectivity index is 1.23. The third-order valence-electron chi connectivity index (χ3n) is 7.59. The molecule has 4 heterocycles. The number of amides is 2. The largest absolute Gasteiger partial charge is 0.394 e. The molecule has 1 spiro atoms. The van der Waals surface area contributed by atoms with Gasteiger partial charge >= 0.3 is 6.03 Å². The van der Waals surface area contributed by atoms with Crippen molar-refractivity contribution in [1.29, 1.82) is 0 Å². The number of rotatable bonds is 4. The first-order chi connectivity index (χ1) is 16.7. The van der Waals surface area contributed by atoms with Crippen LogP contribution in [0.1, 0.15) is 70.4 Å². The molecule has 2 aromatic heterocycles. The summed E-state index contributed by atoms with van der Waals surface area (Å²) in [6, 6.07) is -0.0970. The Bertz CT molecular complexity index is 1030. The van der Waals surface area contributed by atoms with Crippen molar-refractivity contribution in [1.82, 2.24) is 24.8 Å². The Morgan fingerprint density at radius 1 is 1.06 bits per heavy atom. The lowest BCUT2D eigenvalue weighted by Crippen LogP contribution is -2.39. The molecular formula is C23H32N6O5. The molecule has 2 aliphatic carbocycles. The van der Waals surface area contributed by atoms with Crippen molar-refractivity contribution in [3.8, 4) is 0 Å². The van der Waals surface area contributed by atoms with E-state index in [1.807, 2.05) is 0 Å². The van der Waals surface area contributed by atoms with Crippen LogP contribution in [0.15, 0.2) is 12.7 Å². The number of ether oxygens (including phenoxy) is 3. The number of nitrogens with zero attached hydrogens (tertiary/aromatic N) is 4. The summed E-state index contributed by atoms with van der Waals surface area (Å²) in [7, 11) is 0. The lowest BCUT2D eigenvalue weighted by Gasteiger charge is -2.34. The number of aromatic nitrogens is 4. The molecule has 4 fully saturated rings. The van der Waals surface area contributed by atoms with Crippen molar-refractivity contribution in [3.05, 3.63) is 12.7 Å². The topological polar surface area (TPSA) is 133 Å². The molecule has 11 nitrogen and oxygen atoms in total. The summed E-state index contributed by atoms with van der Waals surface area (Å²) in [5.74, 6) is -0.254. The fourth-order valence-corrected chi connectivity index (χ4v) is 5.90. The highest BCUT2D eigenvalue weighted by Crippen LogP contribution is 2.48. The molecule has 11 heteroatoms. The van der Waals surface area contributed by atoms with Gasteiger partial charge in [0, 0.05) is 18.9 Å². The number of hydrogen-bond acceptors (Lipinski definition) is 8. The highest BCUT2D eigenvalue weighted by molar-refractivity contribution is 5.95. The van der Waals surface area contributed by atoms with Crippen LogP contribution in [-0.4, -0.2) is 67.4 Å². The third kappa shape index (κ3) is 3.94. The number of urea groups is 1. The molecule has 0 radical (unpaired) electrons. The molecule has 34 heavy (non-hydrogen) atoms. The summed E-state index contributed by atoms with van der Waals surface area (Å²) in [4.78, 5) is 25.7. The predicted octanol–water partition coefficient (Wildman–Crippen LogP) is 2.61. The van der Waals surface area contributed by atoms with E-state index in [2.05, 4.69) is 25.6 Å². The second-order valence-corrected chi connectivity index (χ2v) is 9.86. The number of imidazole rings is 1. The molecule has 4 atom stereocenters. The zero-order chi connectivity index (χ0) is 23.1. The van der Waals surface area contributed by atoms with Crippen molar-refractivity contribution in [2.75, 3.05) is 11.9 Å². The molecule has 2 aliphatic heterocycles. The maximum Gasteiger partial charge on any atom is 0.320 e. The minimum absolute atomic E-state index is 0.160. The zero-order valence-corrected chi connectivity index (χ0v) is 19.2. The maximum atomic E-state index is 12.6. The number of fused-ring (bicyclic) bond motifs is 2. The minimum atomic E-state index is -0.599. The summed E-state index contributed by atoms with van der Waals surface area (Å²) in [5, 5.41) is 15.8. The van der Waals surface area contributed by atoms with E-state index in [0.717, 1.165) is 51.4 Å². The van der Waals surface area contributed by atoms with E-state index in [1.54, 1.807) is 10.9 Å². The van der Waals surface area contributed by atoms with E-state index in [1.165, 1.54) is 19.2 Å². The SMILES string of the molecule is O=C(Nc1ncnc2c1ncn2[C@@H]1O[C@H](CO)C2OC3(CCCCC3)O[C@@H]21)NC1CCCCC1. The zero-order valence-electron chi connectivity index (χ0n) is 19.2. The average molecular weight is 473 g/mol. The van der Waals surface area contributed by atoms with Crippen molar-refractivity contribution < 1.29 is 24.1 Å². The summed E-state index contributed by atoms with van der Waals surface area (Å²) < 4.78 is 20.8. The van der Waals surface area contributed by atoms with E-state index in [0.29, 0.717) is 17.0 Å². The Morgan fingerprint density at radius 2 is 1.82 bits per heavy atom. The number of anilines is 1. The molecule has 3 N–H and O–H groups in total. The van der Waals surface area contributed by atoms with Crippen molar-refractivity contribution in [2.45, 2.75) is 101 Å². The van der Waals surface area contributed by atoms with Gasteiger partial charge in [-0.25, -0.2) is 19.7 Å². The number of hydrogen-bond donors (Lipinski definition) is 3. The summed E-state index contributed by atoms with van der Waals surface area (Å²) in [5.41, 5.74) is 0.999. The van der Waals surface area contributed by atoms with Gasteiger partial charge in [-0.05, 0) is 25.7 Å². The minimum Gasteiger partial charge on any atom is -0.394 e. The number of nitrogens with one attached hydrogen (secondary N) is 2. The van der Waals surface area contributed by atoms with Gasteiger partial charge in [0.1, 0.15) is 24.6 Å². The molecule has 2 saturated carbocycles. The monoisotopic (exact) mass is 472 g/mol. The normalized spacial score (nSPS) is 31.1. The quantitative estimate of drug-likeness (QED) is 0.619. The highest BCUT2D eigenvalue weighted by Gasteiger charge is 2.58. The van der Waals surface area contributed by atoms with E-state index in [4.69, 9.17) is 14.2 Å². The van der Waals surface area contributed by atoms with E-state index >= 15 is 0 Å². The summed E-state index contributed by atoms with van der Waals surface area (Å²) in [6.07, 6.45) is 11.8. The Kier molecular flexibility index (Phi) is 5.88. The first-order valence-corrected chi connectivity index (χ1v) is 12.5. The maximum absolute atomic E-state index is 12.6. The van der Waals surface area contributed by atoms with Gasteiger partial charge in [-0.2, -0.15) is 0 Å². The van der Waals surface area contributed by atoms with Crippen molar-refractivity contribution in [3.63, 3.8) is 0 Å². The van der Waals surface area contributed by atoms with E-state index in [9.17, 15) is 9.90 Å². The van der Waals surface area contributed by atoms with Crippen LogP contribution in [0.5, 0.6) is 0 Å². The van der Waals surface area contributed by atoms with Crippen molar-refractivity contribution >= 4 is 23.0 Å². The number of carbonyl (C=O) groups excluding carboxylic acids is 1. The molecule has 2 amide bonds. The van der Waals surface area contributed by atoms with Crippen LogP contribution in [0.3, 0.4) is 0 Å². The summed E-state index contributed by atoms with van der Waals surface area (Å²) >= 11 is 0. The Hall–Kier alpha value is -2.34. The lowest BCUT2D eigenvalue weighted by atomic mass is 9.94. The molecule has 2 aromatic rings. The van der Waals surface area contributed by atoms with Crippen LogP contribution in [0, 0.1) is 0 Å². The van der Waals surface area contributed by atoms with Gasteiger partial charge in [0.15, 0.2) is 29.0 Å². The molecular weight excluding hydrogens is 440 g/mol. The summed E-state index contributed by atoms with van der Waals surface area (Å²) in [6.45, 7) is -0.160. The molecule has 2 saturated heterocycles. The van der Waals surface area contributed by atoms with Crippen LogP contribution in [0.25, 0.3) is 11.2 Å². The lowest BCUT2D eigenvalue weighted by molar-refractivity contribution is -0.232. The number of carbonyl (C=O) groups is 1. The second-order valence-electron chi connectivity index (χ2n) is 9.86. The van der Waals surface area contributed by atoms with Gasteiger partial charge in [-0.1, -0.05) is 25.7 Å². The Labute approximate surface area is 197 Å². The van der Waals surface area contributed by atoms with Gasteiger partial charge in [0.05, 0.1) is 12.9 Å². The highest BCUT2D eigenvalue weighted by atomic mass is 16.8. The molecule has 0 aromatic carbocycles. The van der Waals surface area contributed by atoms with Crippen LogP contribution < -0.4 is 10.6 Å². The van der Waals surface area contributed by atoms with Gasteiger partial charge < -0.3 is 24.6 Å². The predicted molar refractivity (Wildman–Crippen MR) is 121 cm³/mol. The number of aliphatic hydroxyl groups excluding tert-OH is 1. The van der Waals surface area contributed by atoms with Crippen molar-refractivity contribution in [2.24, 2.45) is 0 Å². The van der Waals surface area contributed by atoms with Gasteiger partial charge in [-0.15, -0.1) is 0 Å². The fourth-order valence-electron chi connectivity index (χ4n) is 5.90. The van der Waals surface area contributed by atoms with Gasteiger partial charge in [0.2, 0.25) is 0 Å². The first-order valence-electron chi connectivity index (χ1n) is 12.5. The van der Waals surface area contributed by atoms with E-state index in [-0.39, 0.29) is 30.9 Å². The Morgan fingerprint density at radius 3 is 2.62 bits per heavy atom. The third-order valence-corrected chi connectivity index (χ3v) is 7.59. The van der Waals surface area contributed by atoms with Crippen LogP contribution in [0.2, 0.25) is 0 Å². The molecule has 0 bridgehead atoms. The number of aliphatic hydroxyl groups is 1. The molecule has 6 rings (SSSR count).